The number of thiophene rings is 1. The van der Waals surface area contributed by atoms with Crippen molar-refractivity contribution in [3.63, 3.8) is 0 Å². The van der Waals surface area contributed by atoms with Crippen LogP contribution in [0, 0.1) is 13.8 Å². The summed E-state index contributed by atoms with van der Waals surface area (Å²) in [6, 6.07) is 9.13. The maximum Gasteiger partial charge on any atom is 0.319 e. The molecule has 1 saturated carbocycles. The van der Waals surface area contributed by atoms with Gasteiger partial charge in [0, 0.05) is 27.0 Å². The largest absolute Gasteiger partial charge is 0.345 e. The molecule has 5 nitrogen and oxygen atoms in total. The Balaban J connectivity index is 1.58. The number of hydrogen-bond donors (Lipinski definition) is 3. The number of carbonyl (C=O) groups is 2. The van der Waals surface area contributed by atoms with Gasteiger partial charge in [0.25, 0.3) is 5.91 Å². The summed E-state index contributed by atoms with van der Waals surface area (Å²) in [7, 11) is 0. The lowest BCUT2D eigenvalue weighted by atomic mass is 10.1. The first-order valence-electron chi connectivity index (χ1n) is 8.48. The van der Waals surface area contributed by atoms with Crippen LogP contribution in [0.1, 0.15) is 51.5 Å². The molecule has 6 heteroatoms. The molecule has 1 aliphatic rings. The number of aryl methyl sites for hydroxylation is 2. The van der Waals surface area contributed by atoms with E-state index >= 15 is 0 Å². The van der Waals surface area contributed by atoms with E-state index < -0.39 is 0 Å². The second kappa shape index (κ2) is 7.27. The van der Waals surface area contributed by atoms with Crippen LogP contribution in [0.3, 0.4) is 0 Å². The fraction of sp³-hybridized carbons (Fsp3) is 0.368. The Kier molecular flexibility index (Phi) is 5.08. The lowest BCUT2D eigenvalue weighted by Gasteiger charge is -2.14. The Morgan fingerprint density at radius 3 is 2.40 bits per heavy atom. The average Bonchev–Trinajstić information content (AvgIpc) is 3.29. The highest BCUT2D eigenvalue weighted by atomic mass is 32.1. The van der Waals surface area contributed by atoms with Crippen LogP contribution in [0.4, 0.5) is 10.5 Å². The van der Waals surface area contributed by atoms with Crippen LogP contribution in [0.25, 0.3) is 0 Å². The number of carbonyl (C=O) groups excluding carboxylic acids is 2. The van der Waals surface area contributed by atoms with Gasteiger partial charge in [0.1, 0.15) is 0 Å². The third-order valence-electron chi connectivity index (χ3n) is 4.21. The van der Waals surface area contributed by atoms with Gasteiger partial charge in [-0.3, -0.25) is 4.79 Å². The van der Waals surface area contributed by atoms with Crippen molar-refractivity contribution in [1.82, 2.24) is 10.6 Å². The summed E-state index contributed by atoms with van der Waals surface area (Å²) in [4.78, 5) is 26.6. The van der Waals surface area contributed by atoms with Crippen molar-refractivity contribution in [1.29, 1.82) is 0 Å². The summed E-state index contributed by atoms with van der Waals surface area (Å²) in [6.07, 6.45) is 2.10. The Hall–Kier alpha value is -2.34. The van der Waals surface area contributed by atoms with Gasteiger partial charge in [-0.2, -0.15) is 0 Å². The van der Waals surface area contributed by atoms with Gasteiger partial charge in [-0.15, -0.1) is 11.3 Å². The molecule has 3 amide bonds. The number of amides is 3. The normalized spacial score (nSPS) is 14.7. The van der Waals surface area contributed by atoms with Crippen LogP contribution in [0.5, 0.6) is 0 Å². The lowest BCUT2D eigenvalue weighted by Crippen LogP contribution is -2.30. The fourth-order valence-electron chi connectivity index (χ4n) is 2.72. The molecule has 0 unspecified atom stereocenters. The van der Waals surface area contributed by atoms with Gasteiger partial charge in [0.05, 0.1) is 6.04 Å². The summed E-state index contributed by atoms with van der Waals surface area (Å²) >= 11 is 1.74. The van der Waals surface area contributed by atoms with Gasteiger partial charge in [0.15, 0.2) is 0 Å². The van der Waals surface area contributed by atoms with E-state index in [-0.39, 0.29) is 18.0 Å². The predicted molar refractivity (Wildman–Crippen MR) is 101 cm³/mol. The molecular weight excluding hydrogens is 334 g/mol. The van der Waals surface area contributed by atoms with Crippen molar-refractivity contribution in [2.45, 2.75) is 45.7 Å². The fourth-order valence-corrected chi connectivity index (χ4v) is 3.75. The van der Waals surface area contributed by atoms with Crippen molar-refractivity contribution in [3.8, 4) is 0 Å². The smallest absolute Gasteiger partial charge is 0.319 e. The van der Waals surface area contributed by atoms with E-state index in [0.717, 1.165) is 18.4 Å². The lowest BCUT2D eigenvalue weighted by molar-refractivity contribution is 0.0940. The number of urea groups is 1. The molecule has 0 aliphatic heterocycles. The number of hydrogen-bond acceptors (Lipinski definition) is 3. The molecule has 25 heavy (non-hydrogen) atoms. The summed E-state index contributed by atoms with van der Waals surface area (Å²) in [5.41, 5.74) is 2.41. The van der Waals surface area contributed by atoms with Crippen molar-refractivity contribution in [2.75, 3.05) is 5.32 Å². The molecule has 1 aromatic carbocycles. The molecule has 0 radical (unpaired) electrons. The van der Waals surface area contributed by atoms with Gasteiger partial charge in [0.2, 0.25) is 0 Å². The second-order valence-corrected chi connectivity index (χ2v) is 7.97. The van der Waals surface area contributed by atoms with E-state index in [0.29, 0.717) is 17.3 Å². The first-order valence-corrected chi connectivity index (χ1v) is 9.29. The SMILES string of the molecule is Cc1cc([C@@H](C)NC(=O)c2ccc(NC(=O)NC3CC3)cc2)c(C)s1. The van der Waals surface area contributed by atoms with E-state index in [1.807, 2.05) is 6.92 Å². The number of rotatable bonds is 5. The van der Waals surface area contributed by atoms with Crippen molar-refractivity contribution >= 4 is 29.0 Å². The quantitative estimate of drug-likeness (QED) is 0.753. The van der Waals surface area contributed by atoms with Crippen LogP contribution >= 0.6 is 11.3 Å². The van der Waals surface area contributed by atoms with Gasteiger partial charge in [-0.25, -0.2) is 4.79 Å². The molecule has 0 saturated heterocycles. The number of benzene rings is 1. The molecule has 132 valence electrons. The molecular formula is C19H23N3O2S. The summed E-state index contributed by atoms with van der Waals surface area (Å²) < 4.78 is 0. The standard InChI is InChI=1S/C19H23N3O2S/c1-11-10-17(13(3)25-11)12(2)20-18(23)14-4-6-15(7-5-14)21-19(24)22-16-8-9-16/h4-7,10,12,16H,8-9H2,1-3H3,(H,20,23)(H2,21,22,24)/t12-/m1/s1. The zero-order chi connectivity index (χ0) is 18.0. The summed E-state index contributed by atoms with van der Waals surface area (Å²) in [5.74, 6) is -0.121. The second-order valence-electron chi connectivity index (χ2n) is 6.51. The number of anilines is 1. The van der Waals surface area contributed by atoms with Crippen molar-refractivity contribution in [3.05, 3.63) is 51.2 Å². The maximum absolute atomic E-state index is 12.4. The van der Waals surface area contributed by atoms with E-state index in [1.54, 1.807) is 35.6 Å². The minimum atomic E-state index is -0.198. The zero-order valence-corrected chi connectivity index (χ0v) is 15.5. The topological polar surface area (TPSA) is 70.2 Å². The van der Waals surface area contributed by atoms with Crippen LogP contribution in [-0.4, -0.2) is 18.0 Å². The molecule has 3 N–H and O–H groups in total. The van der Waals surface area contributed by atoms with Gasteiger partial charge >= 0.3 is 6.03 Å². The van der Waals surface area contributed by atoms with Crippen LogP contribution < -0.4 is 16.0 Å². The molecule has 2 aromatic rings. The highest BCUT2D eigenvalue weighted by molar-refractivity contribution is 7.12. The zero-order valence-electron chi connectivity index (χ0n) is 14.7. The molecule has 3 rings (SSSR count). The molecule has 0 bridgehead atoms. The minimum absolute atomic E-state index is 0.0421. The first-order chi connectivity index (χ1) is 11.9. The molecule has 1 aliphatic carbocycles. The highest BCUT2D eigenvalue weighted by Crippen LogP contribution is 2.26. The van der Waals surface area contributed by atoms with Gasteiger partial charge in [-0.1, -0.05) is 0 Å². The molecule has 1 aromatic heterocycles. The predicted octanol–water partition coefficient (Wildman–Crippen LogP) is 4.14. The van der Waals surface area contributed by atoms with E-state index in [9.17, 15) is 9.59 Å². The Bertz CT molecular complexity index is 778. The average molecular weight is 357 g/mol. The maximum atomic E-state index is 12.4. The third-order valence-corrected chi connectivity index (χ3v) is 5.19. The first kappa shape index (κ1) is 17.5. The monoisotopic (exact) mass is 357 g/mol. The van der Waals surface area contributed by atoms with E-state index in [1.165, 1.54) is 9.75 Å². The minimum Gasteiger partial charge on any atom is -0.345 e. The summed E-state index contributed by atoms with van der Waals surface area (Å²) in [5, 5.41) is 8.67. The van der Waals surface area contributed by atoms with E-state index in [2.05, 4.69) is 35.9 Å². The Labute approximate surface area is 151 Å². The Morgan fingerprint density at radius 1 is 1.16 bits per heavy atom. The molecule has 1 atom stereocenters. The van der Waals surface area contributed by atoms with Crippen LogP contribution in [0.2, 0.25) is 0 Å². The molecule has 1 heterocycles. The Morgan fingerprint density at radius 2 is 1.84 bits per heavy atom. The summed E-state index contributed by atoms with van der Waals surface area (Å²) in [6.45, 7) is 6.13. The molecule has 0 spiro atoms. The number of nitrogens with one attached hydrogen (secondary N) is 3. The van der Waals surface area contributed by atoms with Gasteiger partial charge < -0.3 is 16.0 Å². The van der Waals surface area contributed by atoms with Crippen LogP contribution in [-0.2, 0) is 0 Å². The van der Waals surface area contributed by atoms with Gasteiger partial charge in [-0.05, 0) is 69.5 Å². The highest BCUT2D eigenvalue weighted by Gasteiger charge is 2.23. The third kappa shape index (κ3) is 4.60. The molecule has 1 fully saturated rings. The van der Waals surface area contributed by atoms with Crippen molar-refractivity contribution in [2.24, 2.45) is 0 Å². The van der Waals surface area contributed by atoms with Crippen molar-refractivity contribution < 1.29 is 9.59 Å². The van der Waals surface area contributed by atoms with Crippen LogP contribution in [0.15, 0.2) is 30.3 Å². The van der Waals surface area contributed by atoms with E-state index in [4.69, 9.17) is 0 Å².